The summed E-state index contributed by atoms with van der Waals surface area (Å²) >= 11 is 0. The molecule has 0 radical (unpaired) electrons. The fraction of sp³-hybridized carbons (Fsp3) is 0.500. The van der Waals surface area contributed by atoms with Gasteiger partial charge in [-0.15, -0.1) is 0 Å². The highest BCUT2D eigenvalue weighted by molar-refractivity contribution is 5.48. The van der Waals surface area contributed by atoms with E-state index in [0.717, 1.165) is 0 Å². The van der Waals surface area contributed by atoms with Gasteiger partial charge >= 0.3 is 0 Å². The zero-order valence-electron chi connectivity index (χ0n) is 10.0. The van der Waals surface area contributed by atoms with Crippen LogP contribution in [0, 0.1) is 0 Å². The van der Waals surface area contributed by atoms with Crippen molar-refractivity contribution in [3.05, 3.63) is 23.3 Å². The van der Waals surface area contributed by atoms with E-state index in [2.05, 4.69) is 0 Å². The van der Waals surface area contributed by atoms with Crippen molar-refractivity contribution in [1.29, 1.82) is 0 Å². The molecule has 0 fully saturated rings. The van der Waals surface area contributed by atoms with Crippen LogP contribution >= 0.6 is 0 Å². The normalized spacial score (nSPS) is 11.4. The highest BCUT2D eigenvalue weighted by atomic mass is 19.1. The van der Waals surface area contributed by atoms with E-state index in [9.17, 15) is 9.50 Å². The van der Waals surface area contributed by atoms with E-state index in [1.807, 2.05) is 0 Å². The summed E-state index contributed by atoms with van der Waals surface area (Å²) in [5, 5.41) is 9.96. The van der Waals surface area contributed by atoms with E-state index >= 15 is 0 Å². The van der Waals surface area contributed by atoms with Gasteiger partial charge in [-0.1, -0.05) is 0 Å². The predicted molar refractivity (Wildman–Crippen MR) is 59.6 cm³/mol. The Hall–Kier alpha value is -1.29. The summed E-state index contributed by atoms with van der Waals surface area (Å²) in [4.78, 5) is 0. The molecule has 1 aromatic carbocycles. The lowest BCUT2D eigenvalue weighted by atomic mass is 9.95. The van der Waals surface area contributed by atoms with Crippen molar-refractivity contribution in [2.24, 2.45) is 0 Å². The monoisotopic (exact) mass is 228 g/mol. The van der Waals surface area contributed by atoms with E-state index in [0.29, 0.717) is 22.6 Å². The highest BCUT2D eigenvalue weighted by Crippen LogP contribution is 2.35. The van der Waals surface area contributed by atoms with Gasteiger partial charge in [0.2, 0.25) is 0 Å². The molecule has 4 heteroatoms. The minimum Gasteiger partial charge on any atom is -0.496 e. The molecule has 0 amide bonds. The van der Waals surface area contributed by atoms with Crippen LogP contribution in [0.25, 0.3) is 0 Å². The number of ether oxygens (including phenoxy) is 2. The highest BCUT2D eigenvalue weighted by Gasteiger charge is 2.23. The molecule has 3 nitrogen and oxygen atoms in total. The zero-order chi connectivity index (χ0) is 12.3. The van der Waals surface area contributed by atoms with Gasteiger partial charge in [-0.3, -0.25) is 0 Å². The van der Waals surface area contributed by atoms with Crippen LogP contribution in [0.4, 0.5) is 4.39 Å². The van der Waals surface area contributed by atoms with Gasteiger partial charge in [0.1, 0.15) is 18.2 Å². The molecule has 0 saturated heterocycles. The van der Waals surface area contributed by atoms with Crippen LogP contribution in [0.2, 0.25) is 0 Å². The molecule has 16 heavy (non-hydrogen) atoms. The van der Waals surface area contributed by atoms with Gasteiger partial charge in [0.05, 0.1) is 19.8 Å². The lowest BCUT2D eigenvalue weighted by Crippen LogP contribution is -2.17. The van der Waals surface area contributed by atoms with Crippen LogP contribution in [-0.2, 0) is 12.3 Å². The quantitative estimate of drug-likeness (QED) is 0.860. The SMILES string of the molecule is COc1cc(C(C)(C)O)c(OC)cc1CF. The Kier molecular flexibility index (Phi) is 3.75. The fourth-order valence-electron chi connectivity index (χ4n) is 1.54. The lowest BCUT2D eigenvalue weighted by molar-refractivity contribution is 0.0753. The number of hydrogen-bond acceptors (Lipinski definition) is 3. The molecule has 0 aliphatic carbocycles. The van der Waals surface area contributed by atoms with E-state index < -0.39 is 12.3 Å². The van der Waals surface area contributed by atoms with Gasteiger partial charge in [0, 0.05) is 11.1 Å². The van der Waals surface area contributed by atoms with E-state index in [1.165, 1.54) is 14.2 Å². The van der Waals surface area contributed by atoms with Crippen LogP contribution < -0.4 is 9.47 Å². The van der Waals surface area contributed by atoms with Crippen LogP contribution in [0.1, 0.15) is 25.0 Å². The van der Waals surface area contributed by atoms with Gasteiger partial charge in [-0.05, 0) is 26.0 Å². The Morgan fingerprint density at radius 1 is 1.19 bits per heavy atom. The Morgan fingerprint density at radius 3 is 2.12 bits per heavy atom. The summed E-state index contributed by atoms with van der Waals surface area (Å²) in [5.41, 5.74) is -0.0793. The van der Waals surface area contributed by atoms with Gasteiger partial charge in [-0.2, -0.15) is 0 Å². The molecule has 1 rings (SSSR count). The Morgan fingerprint density at radius 2 is 1.75 bits per heavy atom. The molecular formula is C12H17FO3. The maximum absolute atomic E-state index is 12.7. The summed E-state index contributed by atoms with van der Waals surface area (Å²) < 4.78 is 22.9. The van der Waals surface area contributed by atoms with Crippen molar-refractivity contribution < 1.29 is 19.0 Å². The van der Waals surface area contributed by atoms with Gasteiger partial charge < -0.3 is 14.6 Å². The second kappa shape index (κ2) is 4.70. The first-order chi connectivity index (χ1) is 7.43. The number of benzene rings is 1. The molecule has 0 aliphatic heterocycles. The summed E-state index contributed by atoms with van der Waals surface area (Å²) in [6.45, 7) is 2.64. The number of hydrogen-bond donors (Lipinski definition) is 1. The minimum atomic E-state index is -1.06. The van der Waals surface area contributed by atoms with E-state index in [-0.39, 0.29) is 0 Å². The van der Waals surface area contributed by atoms with Gasteiger partial charge in [0.15, 0.2) is 0 Å². The standard InChI is InChI=1S/C12H17FO3/c1-12(2,14)9-6-10(15-3)8(7-13)5-11(9)16-4/h5-6,14H,7H2,1-4H3. The number of alkyl halides is 1. The van der Waals surface area contributed by atoms with E-state index in [4.69, 9.17) is 9.47 Å². The number of aliphatic hydroxyl groups is 1. The molecule has 0 bridgehead atoms. The smallest absolute Gasteiger partial charge is 0.125 e. The first-order valence-corrected chi connectivity index (χ1v) is 4.97. The summed E-state index contributed by atoms with van der Waals surface area (Å²) in [7, 11) is 2.95. The molecule has 0 atom stereocenters. The first-order valence-electron chi connectivity index (χ1n) is 4.97. The largest absolute Gasteiger partial charge is 0.496 e. The molecule has 0 saturated carbocycles. The van der Waals surface area contributed by atoms with Crippen molar-refractivity contribution in [3.8, 4) is 11.5 Å². The average Bonchev–Trinajstić information content (AvgIpc) is 2.25. The summed E-state index contributed by atoms with van der Waals surface area (Å²) in [5.74, 6) is 0.876. The zero-order valence-corrected chi connectivity index (χ0v) is 10.0. The second-order valence-electron chi connectivity index (χ2n) is 4.06. The molecule has 0 unspecified atom stereocenters. The molecule has 90 valence electrons. The van der Waals surface area contributed by atoms with Crippen molar-refractivity contribution in [1.82, 2.24) is 0 Å². The molecule has 0 spiro atoms. The maximum atomic E-state index is 12.7. The molecular weight excluding hydrogens is 211 g/mol. The second-order valence-corrected chi connectivity index (χ2v) is 4.06. The average molecular weight is 228 g/mol. The lowest BCUT2D eigenvalue weighted by Gasteiger charge is -2.22. The topological polar surface area (TPSA) is 38.7 Å². The third-order valence-corrected chi connectivity index (χ3v) is 2.41. The van der Waals surface area contributed by atoms with E-state index in [1.54, 1.807) is 26.0 Å². The number of rotatable bonds is 4. The first kappa shape index (κ1) is 12.8. The van der Waals surface area contributed by atoms with Crippen LogP contribution in [0.15, 0.2) is 12.1 Å². The summed E-state index contributed by atoms with van der Waals surface area (Å²) in [6, 6.07) is 3.15. The molecule has 0 aliphatic rings. The number of methoxy groups -OCH3 is 2. The Bertz CT molecular complexity index is 369. The van der Waals surface area contributed by atoms with Crippen molar-refractivity contribution >= 4 is 0 Å². The van der Waals surface area contributed by atoms with Crippen LogP contribution in [0.3, 0.4) is 0 Å². The minimum absolute atomic E-state index is 0.410. The Labute approximate surface area is 94.8 Å². The maximum Gasteiger partial charge on any atom is 0.125 e. The molecule has 0 aromatic heterocycles. The molecule has 1 aromatic rings. The van der Waals surface area contributed by atoms with Crippen LogP contribution in [0.5, 0.6) is 11.5 Å². The van der Waals surface area contributed by atoms with Crippen molar-refractivity contribution in [2.45, 2.75) is 26.1 Å². The molecule has 1 N–H and O–H groups in total. The van der Waals surface area contributed by atoms with Crippen LogP contribution in [-0.4, -0.2) is 19.3 Å². The number of halogens is 1. The third kappa shape index (κ3) is 2.44. The predicted octanol–water partition coefficient (Wildman–Crippen LogP) is 2.40. The van der Waals surface area contributed by atoms with Crippen molar-refractivity contribution in [2.75, 3.05) is 14.2 Å². The van der Waals surface area contributed by atoms with Gasteiger partial charge in [-0.25, -0.2) is 4.39 Å². The molecule has 0 heterocycles. The van der Waals surface area contributed by atoms with Crippen molar-refractivity contribution in [3.63, 3.8) is 0 Å². The fourth-order valence-corrected chi connectivity index (χ4v) is 1.54. The summed E-state index contributed by atoms with van der Waals surface area (Å²) in [6.07, 6.45) is 0. The Balaban J connectivity index is 3.38. The third-order valence-electron chi connectivity index (χ3n) is 2.41. The van der Waals surface area contributed by atoms with Gasteiger partial charge in [0.25, 0.3) is 0 Å².